The second kappa shape index (κ2) is 10.2. The summed E-state index contributed by atoms with van der Waals surface area (Å²) in [5, 5.41) is -2.12. The number of rotatable bonds is 2. The predicted octanol–water partition coefficient (Wildman–Crippen LogP) is 11.0. The van der Waals surface area contributed by atoms with E-state index in [0.717, 1.165) is 0 Å². The lowest BCUT2D eigenvalue weighted by Gasteiger charge is -2.36. The van der Waals surface area contributed by atoms with Crippen LogP contribution in [0.1, 0.15) is 22.3 Å². The molecular formula is C35H20F8N2O. The van der Waals surface area contributed by atoms with E-state index in [-0.39, 0.29) is 5.56 Å². The van der Waals surface area contributed by atoms with Gasteiger partial charge in [0.25, 0.3) is 0 Å². The zero-order valence-corrected chi connectivity index (χ0v) is 24.4. The van der Waals surface area contributed by atoms with E-state index in [9.17, 15) is 17.6 Å². The molecular weight excluding hydrogens is 616 g/mol. The van der Waals surface area contributed by atoms with Crippen LogP contribution in [0.5, 0.6) is 11.5 Å². The topological polar surface area (TPSA) is 25.4 Å². The van der Waals surface area contributed by atoms with Gasteiger partial charge in [-0.3, -0.25) is 0 Å². The number of fused-ring (bicyclic) bond motifs is 4. The van der Waals surface area contributed by atoms with Crippen molar-refractivity contribution in [3.63, 3.8) is 0 Å². The van der Waals surface area contributed by atoms with Crippen LogP contribution in [0, 0.1) is 74.2 Å². The van der Waals surface area contributed by atoms with E-state index in [1.807, 2.05) is 29.2 Å². The Morgan fingerprint density at radius 2 is 0.870 bits per heavy atom. The van der Waals surface area contributed by atoms with Gasteiger partial charge >= 0.3 is 0 Å². The van der Waals surface area contributed by atoms with E-state index in [1.54, 1.807) is 52.0 Å². The fourth-order valence-electron chi connectivity index (χ4n) is 6.34. The highest BCUT2D eigenvalue weighted by Gasteiger charge is 2.34. The first-order chi connectivity index (χ1) is 21.9. The zero-order valence-electron chi connectivity index (χ0n) is 24.4. The van der Waals surface area contributed by atoms with Gasteiger partial charge in [-0.25, -0.2) is 40.1 Å². The molecule has 6 aromatic rings. The highest BCUT2D eigenvalue weighted by Crippen LogP contribution is 2.54. The third-order valence-electron chi connectivity index (χ3n) is 8.70. The van der Waals surface area contributed by atoms with Gasteiger partial charge in [0, 0.05) is 5.56 Å². The number of hydrogen-bond donors (Lipinski definition) is 0. The molecule has 0 N–H and O–H groups in total. The molecule has 0 amide bonds. The normalized spacial score (nSPS) is 12.5. The SMILES string of the molecule is Cc1c(C)c(N2c3ccccc3Oc3ccccc32)c(C)c(C)c1-c1c2c(F)c(F)c(F)c(F)c2nc2c(F)c(F)c(F)c(F)c12. The highest BCUT2D eigenvalue weighted by atomic mass is 19.2. The smallest absolute Gasteiger partial charge is 0.199 e. The molecule has 1 aliphatic heterocycles. The third-order valence-corrected chi connectivity index (χ3v) is 8.70. The van der Waals surface area contributed by atoms with Crippen molar-refractivity contribution in [2.75, 3.05) is 4.90 Å². The maximum absolute atomic E-state index is 15.7. The molecule has 0 atom stereocenters. The molecule has 1 aromatic heterocycles. The number of nitrogens with zero attached hydrogens (tertiary/aromatic N) is 2. The number of halogens is 8. The van der Waals surface area contributed by atoms with Crippen molar-refractivity contribution in [1.82, 2.24) is 4.98 Å². The van der Waals surface area contributed by atoms with E-state index in [1.165, 1.54) is 0 Å². The lowest BCUT2D eigenvalue weighted by atomic mass is 9.84. The highest BCUT2D eigenvalue weighted by molar-refractivity contribution is 6.12. The minimum absolute atomic E-state index is 0.0559. The minimum atomic E-state index is -2.26. The number of pyridine rings is 1. The molecule has 1 aliphatic rings. The average Bonchev–Trinajstić information content (AvgIpc) is 3.06. The fraction of sp³-hybridized carbons (Fsp3) is 0.114. The molecule has 0 aliphatic carbocycles. The van der Waals surface area contributed by atoms with Crippen molar-refractivity contribution < 1.29 is 39.9 Å². The summed E-state index contributed by atoms with van der Waals surface area (Å²) < 4.78 is 126. The molecule has 0 spiro atoms. The lowest BCUT2D eigenvalue weighted by Crippen LogP contribution is -2.19. The Hall–Kier alpha value is -5.19. The first-order valence-corrected chi connectivity index (χ1v) is 13.9. The summed E-state index contributed by atoms with van der Waals surface area (Å²) in [7, 11) is 0. The Morgan fingerprint density at radius 1 is 0.478 bits per heavy atom. The van der Waals surface area contributed by atoms with Crippen LogP contribution in [-0.2, 0) is 0 Å². The van der Waals surface area contributed by atoms with Crippen molar-refractivity contribution in [3.8, 4) is 22.6 Å². The Morgan fingerprint density at radius 3 is 1.30 bits per heavy atom. The van der Waals surface area contributed by atoms with Gasteiger partial charge in [-0.1, -0.05) is 24.3 Å². The van der Waals surface area contributed by atoms with Crippen LogP contribution in [0.3, 0.4) is 0 Å². The van der Waals surface area contributed by atoms with Gasteiger partial charge in [0.1, 0.15) is 11.0 Å². The molecule has 0 saturated carbocycles. The minimum Gasteiger partial charge on any atom is -0.453 e. The van der Waals surface area contributed by atoms with Gasteiger partial charge in [-0.15, -0.1) is 0 Å². The number of hydrogen-bond acceptors (Lipinski definition) is 3. The van der Waals surface area contributed by atoms with Crippen molar-refractivity contribution in [2.24, 2.45) is 0 Å². The van der Waals surface area contributed by atoms with Gasteiger partial charge in [-0.2, -0.15) is 0 Å². The van der Waals surface area contributed by atoms with Crippen molar-refractivity contribution in [2.45, 2.75) is 27.7 Å². The quantitative estimate of drug-likeness (QED) is 0.0817. The van der Waals surface area contributed by atoms with E-state index >= 15 is 17.6 Å². The zero-order chi connectivity index (χ0) is 32.9. The Bertz CT molecular complexity index is 2180. The molecule has 232 valence electrons. The van der Waals surface area contributed by atoms with E-state index in [2.05, 4.69) is 4.98 Å². The summed E-state index contributed by atoms with van der Waals surface area (Å²) in [6.07, 6.45) is 0. The van der Waals surface area contributed by atoms with Gasteiger partial charge < -0.3 is 9.64 Å². The number of aromatic nitrogens is 1. The fourth-order valence-corrected chi connectivity index (χ4v) is 6.34. The van der Waals surface area contributed by atoms with Crippen molar-refractivity contribution in [3.05, 3.63) is 117 Å². The largest absolute Gasteiger partial charge is 0.453 e. The van der Waals surface area contributed by atoms with Crippen LogP contribution >= 0.6 is 0 Å². The second-order valence-corrected chi connectivity index (χ2v) is 11.0. The first kappa shape index (κ1) is 29.5. The first-order valence-electron chi connectivity index (χ1n) is 13.9. The molecule has 0 bridgehead atoms. The standard InChI is InChI=1S/C35H20F8N2O/c1-13-15(3)35(45-17-9-5-7-11-19(17)46-20-12-8-6-10-18(20)45)16(4)14(2)21(13)22-23-25(36)27(38)29(40)31(42)33(23)44-34-24(22)26(37)28(39)30(41)32(34)43/h5-12H,1-4H3. The lowest BCUT2D eigenvalue weighted by molar-refractivity contribution is 0.414. The van der Waals surface area contributed by atoms with E-state index in [4.69, 9.17) is 4.74 Å². The Balaban J connectivity index is 1.67. The van der Waals surface area contributed by atoms with E-state index < -0.39 is 73.9 Å². The van der Waals surface area contributed by atoms with Gasteiger partial charge in [0.15, 0.2) is 58.0 Å². The number of para-hydroxylation sites is 4. The molecule has 7 rings (SSSR count). The van der Waals surface area contributed by atoms with Crippen LogP contribution < -0.4 is 9.64 Å². The van der Waals surface area contributed by atoms with Gasteiger partial charge in [0.05, 0.1) is 27.8 Å². The van der Waals surface area contributed by atoms with Crippen molar-refractivity contribution >= 4 is 38.9 Å². The summed E-state index contributed by atoms with van der Waals surface area (Å²) in [6.45, 7) is 6.50. The van der Waals surface area contributed by atoms with Crippen LogP contribution in [0.2, 0.25) is 0 Å². The third kappa shape index (κ3) is 3.80. The molecule has 46 heavy (non-hydrogen) atoms. The molecule has 0 saturated heterocycles. The molecule has 11 heteroatoms. The number of anilines is 3. The average molecular weight is 637 g/mol. The van der Waals surface area contributed by atoms with Crippen molar-refractivity contribution in [1.29, 1.82) is 0 Å². The molecule has 0 radical (unpaired) electrons. The number of ether oxygens (including phenoxy) is 1. The predicted molar refractivity (Wildman–Crippen MR) is 158 cm³/mol. The molecule has 5 aromatic carbocycles. The van der Waals surface area contributed by atoms with E-state index in [0.29, 0.717) is 50.8 Å². The Labute approximate surface area is 256 Å². The molecule has 0 fully saturated rings. The maximum Gasteiger partial charge on any atom is 0.199 e. The Kier molecular flexibility index (Phi) is 6.52. The summed E-state index contributed by atoms with van der Waals surface area (Å²) in [5.74, 6) is -15.9. The van der Waals surface area contributed by atoms with Crippen LogP contribution in [0.25, 0.3) is 32.9 Å². The summed E-state index contributed by atoms with van der Waals surface area (Å²) in [5.41, 5.74) is 0.340. The molecule has 0 unspecified atom stereocenters. The monoisotopic (exact) mass is 636 g/mol. The molecule has 2 heterocycles. The number of benzene rings is 5. The maximum atomic E-state index is 15.7. The van der Waals surface area contributed by atoms with Crippen LogP contribution in [-0.4, -0.2) is 4.98 Å². The second-order valence-electron chi connectivity index (χ2n) is 11.0. The summed E-state index contributed by atoms with van der Waals surface area (Å²) >= 11 is 0. The van der Waals surface area contributed by atoms with Gasteiger partial charge in [0.2, 0.25) is 0 Å². The van der Waals surface area contributed by atoms with Gasteiger partial charge in [-0.05, 0) is 79.8 Å². The van der Waals surface area contributed by atoms with Crippen LogP contribution in [0.15, 0.2) is 48.5 Å². The summed E-state index contributed by atoms with van der Waals surface area (Å²) in [6, 6.07) is 14.4. The molecule has 3 nitrogen and oxygen atoms in total. The van der Waals surface area contributed by atoms with Crippen LogP contribution in [0.4, 0.5) is 52.2 Å². The summed E-state index contributed by atoms with van der Waals surface area (Å²) in [4.78, 5) is 5.39.